The van der Waals surface area contributed by atoms with Crippen LogP contribution in [0, 0.1) is 0 Å². The van der Waals surface area contributed by atoms with Gasteiger partial charge >= 0.3 is 0 Å². The standard InChI is InChI=1S/C14H24O3Si/c1-7-16-14(17-18(4,5)6)13-9-8-12(15-3)10-11(13)2/h10H,2,7-9H2,1,3-6H3/b14-13-. The number of hydrogen-bond donors (Lipinski definition) is 0. The molecule has 0 amide bonds. The molecule has 0 saturated carbocycles. The first-order chi connectivity index (χ1) is 8.37. The van der Waals surface area contributed by atoms with Gasteiger partial charge in [0.15, 0.2) is 0 Å². The van der Waals surface area contributed by atoms with Gasteiger partial charge in [0.25, 0.3) is 5.95 Å². The highest BCUT2D eigenvalue weighted by atomic mass is 28.4. The molecule has 0 atom stereocenters. The van der Waals surface area contributed by atoms with Crippen LogP contribution < -0.4 is 0 Å². The molecule has 0 aliphatic heterocycles. The third kappa shape index (κ3) is 4.26. The van der Waals surface area contributed by atoms with E-state index >= 15 is 0 Å². The van der Waals surface area contributed by atoms with E-state index in [1.165, 1.54) is 0 Å². The van der Waals surface area contributed by atoms with Crippen molar-refractivity contribution in [1.82, 2.24) is 0 Å². The lowest BCUT2D eigenvalue weighted by atomic mass is 9.96. The van der Waals surface area contributed by atoms with Crippen LogP contribution >= 0.6 is 0 Å². The van der Waals surface area contributed by atoms with Crippen molar-refractivity contribution in [2.45, 2.75) is 39.4 Å². The van der Waals surface area contributed by atoms with E-state index in [-0.39, 0.29) is 0 Å². The molecule has 18 heavy (non-hydrogen) atoms. The van der Waals surface area contributed by atoms with Crippen molar-refractivity contribution in [2.75, 3.05) is 13.7 Å². The van der Waals surface area contributed by atoms with Gasteiger partial charge in [-0.15, -0.1) is 0 Å². The van der Waals surface area contributed by atoms with Gasteiger partial charge in [-0.25, -0.2) is 0 Å². The van der Waals surface area contributed by atoms with E-state index in [9.17, 15) is 0 Å². The van der Waals surface area contributed by atoms with Crippen molar-refractivity contribution in [2.24, 2.45) is 0 Å². The molecule has 0 aromatic heterocycles. The van der Waals surface area contributed by atoms with E-state index in [4.69, 9.17) is 13.9 Å². The van der Waals surface area contributed by atoms with Crippen molar-refractivity contribution in [3.05, 3.63) is 35.5 Å². The van der Waals surface area contributed by atoms with Gasteiger partial charge in [-0.3, -0.25) is 0 Å². The van der Waals surface area contributed by atoms with E-state index in [1.807, 2.05) is 13.0 Å². The molecular formula is C14H24O3Si. The average Bonchev–Trinajstić information content (AvgIpc) is 2.26. The SMILES string of the molecule is C=C1C=C(OC)CC/C1=C(\OCC)O[Si](C)(C)C. The smallest absolute Gasteiger partial charge is 0.269 e. The molecule has 3 nitrogen and oxygen atoms in total. The summed E-state index contributed by atoms with van der Waals surface area (Å²) >= 11 is 0. The molecule has 0 aromatic rings. The van der Waals surface area contributed by atoms with Crippen LogP contribution in [0.25, 0.3) is 0 Å². The molecule has 0 saturated heterocycles. The van der Waals surface area contributed by atoms with E-state index < -0.39 is 8.32 Å². The van der Waals surface area contributed by atoms with Gasteiger partial charge in [0, 0.05) is 12.0 Å². The summed E-state index contributed by atoms with van der Waals surface area (Å²) in [4.78, 5) is 0. The normalized spacial score (nSPS) is 19.2. The summed E-state index contributed by atoms with van der Waals surface area (Å²) in [5.74, 6) is 1.63. The van der Waals surface area contributed by atoms with Crippen LogP contribution in [-0.2, 0) is 13.9 Å². The molecule has 102 valence electrons. The molecule has 0 radical (unpaired) electrons. The molecule has 0 unspecified atom stereocenters. The Morgan fingerprint density at radius 3 is 2.44 bits per heavy atom. The molecule has 4 heteroatoms. The lowest BCUT2D eigenvalue weighted by Gasteiger charge is -2.26. The number of ether oxygens (including phenoxy) is 2. The number of allylic oxidation sites excluding steroid dienone is 4. The van der Waals surface area contributed by atoms with Crippen molar-refractivity contribution in [3.63, 3.8) is 0 Å². The number of methoxy groups -OCH3 is 1. The van der Waals surface area contributed by atoms with Crippen molar-refractivity contribution in [3.8, 4) is 0 Å². The van der Waals surface area contributed by atoms with Crippen LogP contribution in [0.1, 0.15) is 19.8 Å². The quantitative estimate of drug-likeness (QED) is 0.558. The van der Waals surface area contributed by atoms with Crippen LogP contribution in [0.4, 0.5) is 0 Å². The fraction of sp³-hybridized carbons (Fsp3) is 0.571. The third-order valence-corrected chi connectivity index (χ3v) is 3.32. The van der Waals surface area contributed by atoms with Gasteiger partial charge in [-0.05, 0) is 44.6 Å². The number of hydrogen-bond acceptors (Lipinski definition) is 3. The Kier molecular flexibility index (Phi) is 5.08. The van der Waals surface area contributed by atoms with Crippen molar-refractivity contribution < 1.29 is 13.9 Å². The minimum atomic E-state index is -1.67. The second-order valence-electron chi connectivity index (χ2n) is 5.25. The summed E-state index contributed by atoms with van der Waals surface area (Å²) < 4.78 is 16.9. The van der Waals surface area contributed by atoms with Gasteiger partial charge in [0.05, 0.1) is 19.5 Å². The maximum absolute atomic E-state index is 6.02. The fourth-order valence-electron chi connectivity index (χ4n) is 1.74. The molecule has 1 aliphatic rings. The average molecular weight is 268 g/mol. The largest absolute Gasteiger partial charge is 0.519 e. The van der Waals surface area contributed by atoms with Gasteiger partial charge in [0.2, 0.25) is 8.32 Å². The Labute approximate surface area is 111 Å². The molecule has 0 heterocycles. The highest BCUT2D eigenvalue weighted by molar-refractivity contribution is 6.70. The fourth-order valence-corrected chi connectivity index (χ4v) is 2.48. The molecular weight excluding hydrogens is 244 g/mol. The summed E-state index contributed by atoms with van der Waals surface area (Å²) in [5, 5.41) is 0. The summed E-state index contributed by atoms with van der Waals surface area (Å²) in [6, 6.07) is 0. The Hall–Kier alpha value is -1.16. The molecule has 0 fully saturated rings. The first-order valence-electron chi connectivity index (χ1n) is 6.36. The first kappa shape index (κ1) is 14.9. The molecule has 0 N–H and O–H groups in total. The zero-order valence-corrected chi connectivity index (χ0v) is 13.1. The second-order valence-corrected chi connectivity index (χ2v) is 9.68. The van der Waals surface area contributed by atoms with Gasteiger partial charge < -0.3 is 13.9 Å². The predicted octanol–water partition coefficient (Wildman–Crippen LogP) is 3.97. The summed E-state index contributed by atoms with van der Waals surface area (Å²) in [7, 11) is 0.0180. The molecule has 1 rings (SSSR count). The molecule has 0 bridgehead atoms. The first-order valence-corrected chi connectivity index (χ1v) is 9.77. The van der Waals surface area contributed by atoms with E-state index in [1.54, 1.807) is 7.11 Å². The predicted molar refractivity (Wildman–Crippen MR) is 76.5 cm³/mol. The zero-order valence-electron chi connectivity index (χ0n) is 12.1. The summed E-state index contributed by atoms with van der Waals surface area (Å²) in [6.45, 7) is 13.1. The Balaban J connectivity index is 2.99. The van der Waals surface area contributed by atoms with Gasteiger partial charge in [0.1, 0.15) is 0 Å². The molecule has 0 spiro atoms. The van der Waals surface area contributed by atoms with E-state index in [0.29, 0.717) is 12.6 Å². The maximum Gasteiger partial charge on any atom is 0.269 e. The Bertz CT molecular complexity index is 375. The van der Waals surface area contributed by atoms with Crippen molar-refractivity contribution >= 4 is 8.32 Å². The highest BCUT2D eigenvalue weighted by Gasteiger charge is 2.24. The van der Waals surface area contributed by atoms with Gasteiger partial charge in [-0.1, -0.05) is 6.58 Å². The second kappa shape index (κ2) is 6.14. The van der Waals surface area contributed by atoms with Crippen LogP contribution in [0.2, 0.25) is 19.6 Å². The van der Waals surface area contributed by atoms with Crippen LogP contribution in [-0.4, -0.2) is 22.0 Å². The summed E-state index contributed by atoms with van der Waals surface area (Å²) in [6.07, 6.45) is 3.69. The molecule has 1 aliphatic carbocycles. The Morgan fingerprint density at radius 2 is 2.00 bits per heavy atom. The van der Waals surface area contributed by atoms with E-state index in [2.05, 4.69) is 26.2 Å². The third-order valence-electron chi connectivity index (χ3n) is 2.53. The molecule has 0 aromatic carbocycles. The van der Waals surface area contributed by atoms with Crippen LogP contribution in [0.3, 0.4) is 0 Å². The zero-order chi connectivity index (χ0) is 13.8. The highest BCUT2D eigenvalue weighted by Crippen LogP contribution is 2.31. The topological polar surface area (TPSA) is 27.7 Å². The van der Waals surface area contributed by atoms with Gasteiger partial charge in [-0.2, -0.15) is 0 Å². The maximum atomic E-state index is 6.02. The Morgan fingerprint density at radius 1 is 1.33 bits per heavy atom. The minimum Gasteiger partial charge on any atom is -0.519 e. The lowest BCUT2D eigenvalue weighted by Crippen LogP contribution is -2.26. The minimum absolute atomic E-state index is 0.609. The lowest BCUT2D eigenvalue weighted by molar-refractivity contribution is 0.107. The van der Waals surface area contributed by atoms with Crippen LogP contribution in [0.5, 0.6) is 0 Å². The van der Waals surface area contributed by atoms with E-state index in [0.717, 1.165) is 29.7 Å². The monoisotopic (exact) mass is 268 g/mol. The van der Waals surface area contributed by atoms with Crippen molar-refractivity contribution in [1.29, 1.82) is 0 Å². The van der Waals surface area contributed by atoms with Crippen LogP contribution in [0.15, 0.2) is 35.5 Å². The summed E-state index contributed by atoms with van der Waals surface area (Å²) in [5.41, 5.74) is 2.00. The number of rotatable bonds is 5.